The monoisotopic (exact) mass is 315 g/mol. The van der Waals surface area contributed by atoms with Crippen molar-refractivity contribution in [1.82, 2.24) is 5.32 Å². The van der Waals surface area contributed by atoms with Crippen molar-refractivity contribution >= 4 is 9.84 Å². The highest BCUT2D eigenvalue weighted by molar-refractivity contribution is 7.90. The van der Waals surface area contributed by atoms with E-state index in [9.17, 15) is 8.42 Å². The van der Waals surface area contributed by atoms with Gasteiger partial charge in [0.15, 0.2) is 9.84 Å². The van der Waals surface area contributed by atoms with Crippen LogP contribution in [0.2, 0.25) is 0 Å². The summed E-state index contributed by atoms with van der Waals surface area (Å²) in [6.45, 7) is 4.86. The summed E-state index contributed by atoms with van der Waals surface area (Å²) in [7, 11) is -1.47. The average molecular weight is 315 g/mol. The molecule has 0 saturated carbocycles. The fraction of sp³-hybridized carbons (Fsp3) is 0.600. The summed E-state index contributed by atoms with van der Waals surface area (Å²) in [6, 6.07) is 7.18. The Hall–Kier alpha value is -0.950. The van der Waals surface area contributed by atoms with E-state index in [1.807, 2.05) is 12.1 Å². The molecule has 0 aromatic heterocycles. The first-order valence-electron chi connectivity index (χ1n) is 7.05. The van der Waals surface area contributed by atoms with Crippen LogP contribution < -0.4 is 5.32 Å². The first-order chi connectivity index (χ1) is 9.95. The molecule has 0 bridgehead atoms. The van der Waals surface area contributed by atoms with E-state index in [-0.39, 0.29) is 6.04 Å². The van der Waals surface area contributed by atoms with Crippen molar-refractivity contribution in [1.29, 1.82) is 0 Å². The lowest BCUT2D eigenvalue weighted by atomic mass is 10.1. The summed E-state index contributed by atoms with van der Waals surface area (Å²) in [5, 5.41) is 3.39. The molecule has 1 atom stereocenters. The van der Waals surface area contributed by atoms with Gasteiger partial charge in [-0.25, -0.2) is 8.42 Å². The maximum Gasteiger partial charge on any atom is 0.175 e. The second kappa shape index (κ2) is 9.15. The van der Waals surface area contributed by atoms with Gasteiger partial charge in [-0.3, -0.25) is 0 Å². The van der Waals surface area contributed by atoms with E-state index in [1.54, 1.807) is 19.2 Å². The fourth-order valence-electron chi connectivity index (χ4n) is 1.86. The Morgan fingerprint density at radius 3 is 2.38 bits per heavy atom. The number of nitrogens with one attached hydrogen (secondary N) is 1. The number of hydrogen-bond acceptors (Lipinski definition) is 5. The number of rotatable bonds is 10. The zero-order chi connectivity index (χ0) is 15.7. The lowest BCUT2D eigenvalue weighted by molar-refractivity contribution is 0.0693. The Kier molecular flexibility index (Phi) is 7.88. The van der Waals surface area contributed by atoms with Crippen LogP contribution in [0.3, 0.4) is 0 Å². The molecule has 6 heteroatoms. The molecule has 21 heavy (non-hydrogen) atoms. The van der Waals surface area contributed by atoms with Gasteiger partial charge in [-0.05, 0) is 37.6 Å². The van der Waals surface area contributed by atoms with Crippen molar-refractivity contribution < 1.29 is 17.9 Å². The van der Waals surface area contributed by atoms with Crippen LogP contribution in [0.15, 0.2) is 29.2 Å². The topological polar surface area (TPSA) is 64.6 Å². The van der Waals surface area contributed by atoms with E-state index in [0.29, 0.717) is 24.7 Å². The number of hydrogen-bond donors (Lipinski definition) is 1. The number of sulfone groups is 1. The van der Waals surface area contributed by atoms with Crippen molar-refractivity contribution in [3.63, 3.8) is 0 Å². The minimum absolute atomic E-state index is 0.178. The molecule has 1 aromatic rings. The van der Waals surface area contributed by atoms with Gasteiger partial charge in [0.25, 0.3) is 0 Å². The Labute approximate surface area is 127 Å². The Bertz CT molecular complexity index is 499. The third-order valence-corrected chi connectivity index (χ3v) is 4.28. The third-order valence-electron chi connectivity index (χ3n) is 3.16. The fourth-order valence-corrected chi connectivity index (χ4v) is 2.49. The molecule has 5 nitrogen and oxygen atoms in total. The first-order valence-corrected chi connectivity index (χ1v) is 8.94. The van der Waals surface area contributed by atoms with Crippen LogP contribution in [-0.4, -0.2) is 48.1 Å². The molecule has 1 aromatic carbocycles. The zero-order valence-electron chi connectivity index (χ0n) is 13.0. The smallest absolute Gasteiger partial charge is 0.175 e. The van der Waals surface area contributed by atoms with E-state index >= 15 is 0 Å². The molecule has 0 aliphatic heterocycles. The van der Waals surface area contributed by atoms with E-state index in [2.05, 4.69) is 12.2 Å². The van der Waals surface area contributed by atoms with E-state index < -0.39 is 9.84 Å². The van der Waals surface area contributed by atoms with Crippen molar-refractivity contribution in [3.8, 4) is 0 Å². The lowest BCUT2D eigenvalue weighted by Crippen LogP contribution is -2.21. The van der Waals surface area contributed by atoms with Gasteiger partial charge >= 0.3 is 0 Å². The van der Waals surface area contributed by atoms with Gasteiger partial charge in [0, 0.05) is 26.0 Å². The predicted molar refractivity (Wildman–Crippen MR) is 83.3 cm³/mol. The van der Waals surface area contributed by atoms with Gasteiger partial charge in [-0.1, -0.05) is 12.1 Å². The molecular formula is C15H25NO4S. The van der Waals surface area contributed by atoms with Gasteiger partial charge in [-0.2, -0.15) is 0 Å². The molecule has 0 aliphatic carbocycles. The Morgan fingerprint density at radius 1 is 1.14 bits per heavy atom. The highest BCUT2D eigenvalue weighted by atomic mass is 32.2. The summed E-state index contributed by atoms with van der Waals surface area (Å²) < 4.78 is 33.1. The van der Waals surface area contributed by atoms with Gasteiger partial charge in [0.1, 0.15) is 0 Å². The number of methoxy groups -OCH3 is 1. The molecule has 0 amide bonds. The minimum Gasteiger partial charge on any atom is -0.382 e. The van der Waals surface area contributed by atoms with Crippen LogP contribution in [0, 0.1) is 0 Å². The number of ether oxygens (including phenoxy) is 2. The van der Waals surface area contributed by atoms with E-state index in [1.165, 1.54) is 6.26 Å². The molecule has 0 spiro atoms. The van der Waals surface area contributed by atoms with Crippen molar-refractivity contribution in [2.45, 2.75) is 24.3 Å². The van der Waals surface area contributed by atoms with Crippen LogP contribution >= 0.6 is 0 Å². The Morgan fingerprint density at radius 2 is 1.81 bits per heavy atom. The quantitative estimate of drug-likeness (QED) is 0.667. The second-order valence-electron chi connectivity index (χ2n) is 4.98. The normalized spacial score (nSPS) is 13.3. The lowest BCUT2D eigenvalue weighted by Gasteiger charge is -2.14. The predicted octanol–water partition coefficient (Wildman–Crippen LogP) is 1.79. The molecule has 0 heterocycles. The van der Waals surface area contributed by atoms with Gasteiger partial charge in [0.2, 0.25) is 0 Å². The minimum atomic E-state index is -3.12. The molecular weight excluding hydrogens is 290 g/mol. The van der Waals surface area contributed by atoms with Gasteiger partial charge in [-0.15, -0.1) is 0 Å². The summed E-state index contributed by atoms with van der Waals surface area (Å²) in [5.41, 5.74) is 1.07. The van der Waals surface area contributed by atoms with Crippen LogP contribution in [0.5, 0.6) is 0 Å². The molecule has 1 unspecified atom stereocenters. The molecule has 120 valence electrons. The largest absolute Gasteiger partial charge is 0.382 e. The molecule has 1 N–H and O–H groups in total. The van der Waals surface area contributed by atoms with Crippen LogP contribution in [-0.2, 0) is 19.3 Å². The molecule has 0 saturated heterocycles. The summed E-state index contributed by atoms with van der Waals surface area (Å²) in [4.78, 5) is 0.352. The standard InChI is InChI=1S/C15H25NO4S/c1-13(16-9-4-10-20-12-11-19-2)14-5-7-15(8-6-14)21(3,17)18/h5-8,13,16H,4,9-12H2,1-3H3. The van der Waals surface area contributed by atoms with E-state index in [0.717, 1.165) is 18.5 Å². The average Bonchev–Trinajstić information content (AvgIpc) is 2.45. The Balaban J connectivity index is 2.31. The maximum absolute atomic E-state index is 11.4. The highest BCUT2D eigenvalue weighted by Gasteiger charge is 2.09. The van der Waals surface area contributed by atoms with Crippen LogP contribution in [0.1, 0.15) is 24.9 Å². The highest BCUT2D eigenvalue weighted by Crippen LogP contribution is 2.16. The van der Waals surface area contributed by atoms with Crippen molar-refractivity contribution in [2.24, 2.45) is 0 Å². The zero-order valence-corrected chi connectivity index (χ0v) is 13.8. The molecule has 0 aliphatic rings. The maximum atomic E-state index is 11.4. The molecule has 1 rings (SSSR count). The summed E-state index contributed by atoms with van der Waals surface area (Å²) in [6.07, 6.45) is 2.14. The van der Waals surface area contributed by atoms with Gasteiger partial charge in [0.05, 0.1) is 18.1 Å². The SMILES string of the molecule is COCCOCCCNC(C)c1ccc(S(C)(=O)=O)cc1. The second-order valence-corrected chi connectivity index (χ2v) is 6.99. The van der Waals surface area contributed by atoms with Crippen LogP contribution in [0.25, 0.3) is 0 Å². The van der Waals surface area contributed by atoms with Crippen molar-refractivity contribution in [3.05, 3.63) is 29.8 Å². The summed E-state index contributed by atoms with van der Waals surface area (Å²) in [5.74, 6) is 0. The van der Waals surface area contributed by atoms with E-state index in [4.69, 9.17) is 9.47 Å². The van der Waals surface area contributed by atoms with Crippen LogP contribution in [0.4, 0.5) is 0 Å². The number of benzene rings is 1. The first kappa shape index (κ1) is 18.1. The molecule has 0 radical (unpaired) electrons. The summed E-state index contributed by atoms with van der Waals surface area (Å²) >= 11 is 0. The third kappa shape index (κ3) is 7.04. The van der Waals surface area contributed by atoms with Gasteiger partial charge < -0.3 is 14.8 Å². The molecule has 0 fully saturated rings. The van der Waals surface area contributed by atoms with Crippen molar-refractivity contribution in [2.75, 3.05) is 39.7 Å².